The van der Waals surface area contributed by atoms with Crippen molar-refractivity contribution in [1.29, 1.82) is 0 Å². The minimum atomic E-state index is 0.781. The molecule has 1 N–H and O–H groups in total. The quantitative estimate of drug-likeness (QED) is 0.823. The van der Waals surface area contributed by atoms with Crippen molar-refractivity contribution in [2.75, 3.05) is 0 Å². The lowest BCUT2D eigenvalue weighted by atomic mass is 10.1. The minimum Gasteiger partial charge on any atom is -0.276 e. The number of rotatable bonds is 3. The van der Waals surface area contributed by atoms with Crippen LogP contribution in [-0.2, 0) is 6.42 Å². The zero-order valence-corrected chi connectivity index (χ0v) is 9.40. The lowest BCUT2D eigenvalue weighted by Gasteiger charge is -2.12. The zero-order valence-electron chi connectivity index (χ0n) is 9.40. The molecule has 0 radical (unpaired) electrons. The second kappa shape index (κ2) is 4.75. The fraction of sp³-hybridized carbons (Fsp3) is 0.231. The van der Waals surface area contributed by atoms with Crippen LogP contribution in [-0.4, -0.2) is 11.5 Å². The first-order valence-corrected chi connectivity index (χ1v) is 5.37. The number of aryl methyl sites for hydroxylation is 1. The smallest absolute Gasteiger partial charge is 0.149 e. The second-order valence-electron chi connectivity index (χ2n) is 3.80. The summed E-state index contributed by atoms with van der Waals surface area (Å²) in [6, 6.07) is 10.4. The van der Waals surface area contributed by atoms with Crippen LogP contribution < -0.4 is 5.43 Å². The highest BCUT2D eigenvalue weighted by Crippen LogP contribution is 2.07. The lowest BCUT2D eigenvalue weighted by Crippen LogP contribution is -2.20. The predicted octanol–water partition coefficient (Wildman–Crippen LogP) is 2.51. The number of aliphatic imine (C=N–C) groups is 1. The normalized spacial score (nSPS) is 15.2. The van der Waals surface area contributed by atoms with Crippen LogP contribution in [0, 0.1) is 0 Å². The van der Waals surface area contributed by atoms with Gasteiger partial charge in [-0.3, -0.25) is 5.43 Å². The van der Waals surface area contributed by atoms with E-state index in [1.54, 1.807) is 0 Å². The minimum absolute atomic E-state index is 0.781. The average Bonchev–Trinajstić information content (AvgIpc) is 2.32. The van der Waals surface area contributed by atoms with Gasteiger partial charge in [-0.05, 0) is 18.9 Å². The summed E-state index contributed by atoms with van der Waals surface area (Å²) in [6.07, 6.45) is 1.81. The highest BCUT2D eigenvalue weighted by Gasteiger charge is 2.07. The SMILES string of the molecule is C=C1NN=C(CCc2ccccc2)N=C1C. The van der Waals surface area contributed by atoms with Crippen LogP contribution in [0.5, 0.6) is 0 Å². The average molecular weight is 213 g/mol. The molecule has 0 saturated carbocycles. The van der Waals surface area contributed by atoms with Gasteiger partial charge < -0.3 is 0 Å². The molecule has 0 fully saturated rings. The molecule has 0 spiro atoms. The number of hydrazone groups is 1. The van der Waals surface area contributed by atoms with E-state index in [9.17, 15) is 0 Å². The Morgan fingerprint density at radius 2 is 1.94 bits per heavy atom. The number of nitrogens with zero attached hydrogens (tertiary/aromatic N) is 2. The van der Waals surface area contributed by atoms with E-state index in [0.717, 1.165) is 30.1 Å². The van der Waals surface area contributed by atoms with Crippen LogP contribution in [0.3, 0.4) is 0 Å². The van der Waals surface area contributed by atoms with E-state index in [1.165, 1.54) is 5.56 Å². The largest absolute Gasteiger partial charge is 0.276 e. The molecule has 0 bridgehead atoms. The number of benzene rings is 1. The summed E-state index contributed by atoms with van der Waals surface area (Å²) in [5.41, 5.74) is 5.88. The van der Waals surface area contributed by atoms with Gasteiger partial charge in [-0.1, -0.05) is 36.9 Å². The van der Waals surface area contributed by atoms with E-state index in [0.29, 0.717) is 0 Å². The molecular weight excluding hydrogens is 198 g/mol. The van der Waals surface area contributed by atoms with Crippen molar-refractivity contribution in [3.05, 3.63) is 48.2 Å². The summed E-state index contributed by atoms with van der Waals surface area (Å²) in [5, 5.41) is 4.16. The number of allylic oxidation sites excluding steroid dienone is 1. The van der Waals surface area contributed by atoms with Gasteiger partial charge in [0.05, 0.1) is 11.4 Å². The Hall–Kier alpha value is -1.90. The molecule has 0 atom stereocenters. The van der Waals surface area contributed by atoms with Crippen molar-refractivity contribution in [1.82, 2.24) is 5.43 Å². The van der Waals surface area contributed by atoms with E-state index < -0.39 is 0 Å². The lowest BCUT2D eigenvalue weighted by molar-refractivity contribution is 0.887. The van der Waals surface area contributed by atoms with Gasteiger partial charge in [0.25, 0.3) is 0 Å². The van der Waals surface area contributed by atoms with Gasteiger partial charge in [-0.2, -0.15) is 5.10 Å². The van der Waals surface area contributed by atoms with Crippen molar-refractivity contribution in [3.8, 4) is 0 Å². The maximum Gasteiger partial charge on any atom is 0.149 e. The number of hydrogen-bond acceptors (Lipinski definition) is 3. The third-order valence-electron chi connectivity index (χ3n) is 2.53. The molecule has 2 rings (SSSR count). The molecule has 3 nitrogen and oxygen atoms in total. The topological polar surface area (TPSA) is 36.8 Å². The molecule has 1 aromatic carbocycles. The van der Waals surface area contributed by atoms with Gasteiger partial charge in [0, 0.05) is 6.42 Å². The molecule has 1 aromatic rings. The van der Waals surface area contributed by atoms with E-state index in [-0.39, 0.29) is 0 Å². The molecule has 0 saturated heterocycles. The Labute approximate surface area is 95.6 Å². The van der Waals surface area contributed by atoms with Crippen LogP contribution >= 0.6 is 0 Å². The van der Waals surface area contributed by atoms with Crippen LogP contribution in [0.4, 0.5) is 0 Å². The summed E-state index contributed by atoms with van der Waals surface area (Å²) >= 11 is 0. The van der Waals surface area contributed by atoms with E-state index in [4.69, 9.17) is 0 Å². The van der Waals surface area contributed by atoms with Gasteiger partial charge in [0.15, 0.2) is 0 Å². The van der Waals surface area contributed by atoms with Gasteiger partial charge in [-0.25, -0.2) is 4.99 Å². The molecule has 82 valence electrons. The Morgan fingerprint density at radius 1 is 1.19 bits per heavy atom. The maximum absolute atomic E-state index is 4.38. The van der Waals surface area contributed by atoms with Crippen molar-refractivity contribution in [2.45, 2.75) is 19.8 Å². The summed E-state index contributed by atoms with van der Waals surface area (Å²) in [7, 11) is 0. The van der Waals surface area contributed by atoms with Crippen LogP contribution in [0.2, 0.25) is 0 Å². The van der Waals surface area contributed by atoms with Crippen LogP contribution in [0.25, 0.3) is 0 Å². The number of nitrogens with one attached hydrogen (secondary N) is 1. The first kappa shape index (κ1) is 10.6. The molecule has 1 aliphatic heterocycles. The standard InChI is InChI=1S/C13H15N3/c1-10-11(2)15-16-13(14-10)9-8-12-6-4-3-5-7-12/h3-7,15H,2,8-9H2,1H3. The van der Waals surface area contributed by atoms with Crippen molar-refractivity contribution < 1.29 is 0 Å². The first-order valence-electron chi connectivity index (χ1n) is 5.37. The Kier molecular flexibility index (Phi) is 3.15. The van der Waals surface area contributed by atoms with Crippen molar-refractivity contribution in [3.63, 3.8) is 0 Å². The van der Waals surface area contributed by atoms with Gasteiger partial charge in [0.2, 0.25) is 0 Å². The summed E-state index contributed by atoms with van der Waals surface area (Å²) in [6.45, 7) is 5.74. The molecule has 16 heavy (non-hydrogen) atoms. The second-order valence-corrected chi connectivity index (χ2v) is 3.80. The third-order valence-corrected chi connectivity index (χ3v) is 2.53. The Morgan fingerprint density at radius 3 is 2.62 bits per heavy atom. The molecule has 0 amide bonds. The molecule has 0 aliphatic carbocycles. The Bertz CT molecular complexity index is 444. The fourth-order valence-corrected chi connectivity index (χ4v) is 1.51. The highest BCUT2D eigenvalue weighted by atomic mass is 15.3. The van der Waals surface area contributed by atoms with Crippen molar-refractivity contribution >= 4 is 11.5 Å². The molecule has 3 heteroatoms. The molecule has 1 heterocycles. The summed E-state index contributed by atoms with van der Waals surface area (Å²) in [4.78, 5) is 4.38. The van der Waals surface area contributed by atoms with Crippen LogP contribution in [0.1, 0.15) is 18.9 Å². The van der Waals surface area contributed by atoms with Gasteiger partial charge in [0.1, 0.15) is 5.84 Å². The van der Waals surface area contributed by atoms with E-state index in [2.05, 4.69) is 34.2 Å². The van der Waals surface area contributed by atoms with Crippen molar-refractivity contribution in [2.24, 2.45) is 10.1 Å². The fourth-order valence-electron chi connectivity index (χ4n) is 1.51. The molecule has 1 aliphatic rings. The van der Waals surface area contributed by atoms with Gasteiger partial charge in [-0.15, -0.1) is 0 Å². The monoisotopic (exact) mass is 213 g/mol. The zero-order chi connectivity index (χ0) is 11.4. The molecule has 0 aromatic heterocycles. The van der Waals surface area contributed by atoms with Gasteiger partial charge >= 0.3 is 0 Å². The van der Waals surface area contributed by atoms with Crippen LogP contribution in [0.15, 0.2) is 52.7 Å². The molecule has 0 unspecified atom stereocenters. The van der Waals surface area contributed by atoms with E-state index in [1.807, 2.05) is 25.1 Å². The number of hydrogen-bond donors (Lipinski definition) is 1. The summed E-state index contributed by atoms with van der Waals surface area (Å²) in [5.74, 6) is 0.841. The summed E-state index contributed by atoms with van der Waals surface area (Å²) < 4.78 is 0. The predicted molar refractivity (Wildman–Crippen MR) is 67.6 cm³/mol. The maximum atomic E-state index is 4.38. The highest BCUT2D eigenvalue weighted by molar-refractivity contribution is 6.06. The molecular formula is C13H15N3. The third kappa shape index (κ3) is 2.57. The van der Waals surface area contributed by atoms with E-state index >= 15 is 0 Å². The Balaban J connectivity index is 1.95. The first-order chi connectivity index (χ1) is 7.75. The number of amidine groups is 1.